The van der Waals surface area contributed by atoms with E-state index in [0.717, 1.165) is 0 Å². The number of likely N-dealkylation sites (N-methyl/N-ethyl adjacent to an activating group) is 1. The van der Waals surface area contributed by atoms with Crippen LogP contribution in [0, 0.1) is 0 Å². The van der Waals surface area contributed by atoms with Crippen LogP contribution in [0.3, 0.4) is 0 Å². The molecular weight excluding hydrogens is 354 g/mol. The summed E-state index contributed by atoms with van der Waals surface area (Å²) in [5.74, 6) is -1.71. The number of benzene rings is 1. The highest BCUT2D eigenvalue weighted by atomic mass is 19.3. The summed E-state index contributed by atoms with van der Waals surface area (Å²) in [6.45, 7) is -3.18. The molecule has 0 aliphatic carbocycles. The average Bonchev–Trinajstić information content (AvgIpc) is 2.63. The lowest BCUT2D eigenvalue weighted by atomic mass is 10.2. The topological polar surface area (TPSA) is 94.2 Å². The summed E-state index contributed by atoms with van der Waals surface area (Å²) in [5, 5.41) is 2.40. The van der Waals surface area contributed by atoms with Gasteiger partial charge in [0.1, 0.15) is 0 Å². The Kier molecular flexibility index (Phi) is 8.26. The molecule has 26 heavy (non-hydrogen) atoms. The van der Waals surface area contributed by atoms with Crippen LogP contribution in [0.5, 0.6) is 11.5 Å². The number of hydrogen-bond donors (Lipinski definition) is 1. The Morgan fingerprint density at radius 1 is 1.19 bits per heavy atom. The number of rotatable bonds is 9. The Hall–Kier alpha value is -2.91. The van der Waals surface area contributed by atoms with Crippen molar-refractivity contribution in [3.8, 4) is 11.5 Å². The highest BCUT2D eigenvalue weighted by Crippen LogP contribution is 2.29. The molecule has 0 aliphatic heterocycles. The molecule has 0 atom stereocenters. The summed E-state index contributed by atoms with van der Waals surface area (Å²) in [5.41, 5.74) is 0.105. The smallest absolute Gasteiger partial charge is 0.387 e. The lowest BCUT2D eigenvalue weighted by molar-refractivity contribution is -0.141. The first-order valence-electron chi connectivity index (χ1n) is 7.50. The molecule has 0 unspecified atom stereocenters. The summed E-state index contributed by atoms with van der Waals surface area (Å²) >= 11 is 0. The Morgan fingerprint density at radius 2 is 1.88 bits per heavy atom. The van der Waals surface area contributed by atoms with Gasteiger partial charge in [0.2, 0.25) is 5.91 Å². The van der Waals surface area contributed by atoms with Crippen molar-refractivity contribution in [3.05, 3.63) is 23.8 Å². The zero-order valence-corrected chi connectivity index (χ0v) is 14.6. The molecule has 144 valence electrons. The molecule has 0 saturated carbocycles. The van der Waals surface area contributed by atoms with Crippen LogP contribution in [0.2, 0.25) is 0 Å². The number of esters is 1. The molecule has 0 radical (unpaired) electrons. The van der Waals surface area contributed by atoms with E-state index < -0.39 is 24.4 Å². The van der Waals surface area contributed by atoms with E-state index in [1.54, 1.807) is 0 Å². The number of ether oxygens (including phenoxy) is 3. The number of nitrogens with zero attached hydrogens (tertiary/aromatic N) is 1. The van der Waals surface area contributed by atoms with Gasteiger partial charge in [-0.2, -0.15) is 8.78 Å². The maximum Gasteiger partial charge on any atom is 0.387 e. The first kappa shape index (κ1) is 21.1. The number of carbonyl (C=O) groups excluding carboxylic acids is 3. The number of carbonyl (C=O) groups is 3. The second kappa shape index (κ2) is 10.2. The first-order valence-corrected chi connectivity index (χ1v) is 7.50. The summed E-state index contributed by atoms with van der Waals surface area (Å²) in [4.78, 5) is 36.3. The number of amides is 2. The Morgan fingerprint density at radius 3 is 2.46 bits per heavy atom. The Balaban J connectivity index is 2.62. The van der Waals surface area contributed by atoms with Gasteiger partial charge < -0.3 is 24.4 Å². The quantitative estimate of drug-likeness (QED) is 0.650. The fourth-order valence-electron chi connectivity index (χ4n) is 1.88. The van der Waals surface area contributed by atoms with Crippen molar-refractivity contribution in [3.63, 3.8) is 0 Å². The molecule has 0 heterocycles. The zero-order chi connectivity index (χ0) is 19.7. The van der Waals surface area contributed by atoms with Gasteiger partial charge >= 0.3 is 12.6 Å². The van der Waals surface area contributed by atoms with Crippen molar-refractivity contribution in [2.24, 2.45) is 0 Å². The monoisotopic (exact) mass is 374 g/mol. The standard InChI is InChI=1S/C16H20F2N2O6/c1-20(7-6-14(22)25-3)13(21)9-19-15(23)10-4-5-11(26-16(17)18)12(8-10)24-2/h4-5,8,16H,6-7,9H2,1-3H3,(H,19,23). The molecule has 1 N–H and O–H groups in total. The molecule has 0 saturated heterocycles. The summed E-state index contributed by atoms with van der Waals surface area (Å²) in [6, 6.07) is 3.66. The maximum absolute atomic E-state index is 12.3. The molecule has 0 spiro atoms. The molecule has 0 aromatic heterocycles. The van der Waals surface area contributed by atoms with Crippen LogP contribution in [0.25, 0.3) is 0 Å². The van der Waals surface area contributed by atoms with Crippen molar-refractivity contribution in [2.45, 2.75) is 13.0 Å². The van der Waals surface area contributed by atoms with Gasteiger partial charge in [-0.05, 0) is 18.2 Å². The molecule has 1 aromatic rings. The lowest BCUT2D eigenvalue weighted by Gasteiger charge is -2.17. The Labute approximate surface area is 149 Å². The van der Waals surface area contributed by atoms with Crippen LogP contribution in [0.15, 0.2) is 18.2 Å². The van der Waals surface area contributed by atoms with E-state index in [1.807, 2.05) is 0 Å². The summed E-state index contributed by atoms with van der Waals surface area (Å²) in [6.07, 6.45) is 0.0372. The van der Waals surface area contributed by atoms with Gasteiger partial charge in [0, 0.05) is 19.2 Å². The van der Waals surface area contributed by atoms with Crippen molar-refractivity contribution in [1.29, 1.82) is 0 Å². The van der Waals surface area contributed by atoms with Crippen LogP contribution in [-0.4, -0.2) is 63.7 Å². The predicted octanol–water partition coefficient (Wildman–Crippen LogP) is 1.05. The van der Waals surface area contributed by atoms with Gasteiger partial charge in [-0.15, -0.1) is 0 Å². The van der Waals surface area contributed by atoms with Crippen LogP contribution in [-0.2, 0) is 14.3 Å². The molecule has 2 amide bonds. The predicted molar refractivity (Wildman–Crippen MR) is 86.2 cm³/mol. The molecule has 0 fully saturated rings. The van der Waals surface area contributed by atoms with Gasteiger partial charge in [0.05, 0.1) is 27.2 Å². The fourth-order valence-corrected chi connectivity index (χ4v) is 1.88. The highest BCUT2D eigenvalue weighted by Gasteiger charge is 2.16. The molecule has 1 rings (SSSR count). The molecule has 10 heteroatoms. The van der Waals surface area contributed by atoms with Gasteiger partial charge in [0.25, 0.3) is 5.91 Å². The molecule has 1 aromatic carbocycles. The third-order valence-electron chi connectivity index (χ3n) is 3.35. The fraction of sp³-hybridized carbons (Fsp3) is 0.438. The van der Waals surface area contributed by atoms with Gasteiger partial charge in [-0.3, -0.25) is 14.4 Å². The minimum absolute atomic E-state index is 0.0372. The molecule has 0 aliphatic rings. The summed E-state index contributed by atoms with van der Waals surface area (Å²) < 4.78 is 38.2. The number of methoxy groups -OCH3 is 2. The van der Waals surface area contributed by atoms with E-state index in [4.69, 9.17) is 4.74 Å². The second-order valence-electron chi connectivity index (χ2n) is 5.07. The van der Waals surface area contributed by atoms with Gasteiger partial charge in [0.15, 0.2) is 11.5 Å². The summed E-state index contributed by atoms with van der Waals surface area (Å²) in [7, 11) is 3.97. The van der Waals surface area contributed by atoms with Crippen molar-refractivity contribution in [2.75, 3.05) is 34.4 Å². The SMILES string of the molecule is COC(=O)CCN(C)C(=O)CNC(=O)c1ccc(OC(F)F)c(OC)c1. The van der Waals surface area contributed by atoms with Crippen LogP contribution in [0.1, 0.15) is 16.8 Å². The Bertz CT molecular complexity index is 654. The average molecular weight is 374 g/mol. The van der Waals surface area contributed by atoms with Crippen LogP contribution < -0.4 is 14.8 Å². The molecular formula is C16H20F2N2O6. The minimum Gasteiger partial charge on any atom is -0.493 e. The minimum atomic E-state index is -3.03. The van der Waals surface area contributed by atoms with E-state index in [-0.39, 0.29) is 36.6 Å². The van der Waals surface area contributed by atoms with Crippen molar-refractivity contribution >= 4 is 17.8 Å². The van der Waals surface area contributed by atoms with Gasteiger partial charge in [-0.25, -0.2) is 0 Å². The van der Waals surface area contributed by atoms with E-state index in [1.165, 1.54) is 44.4 Å². The third kappa shape index (κ3) is 6.54. The van der Waals surface area contributed by atoms with E-state index in [0.29, 0.717) is 0 Å². The van der Waals surface area contributed by atoms with E-state index in [2.05, 4.69) is 14.8 Å². The largest absolute Gasteiger partial charge is 0.493 e. The van der Waals surface area contributed by atoms with Crippen molar-refractivity contribution < 1.29 is 37.4 Å². The normalized spacial score (nSPS) is 10.2. The van der Waals surface area contributed by atoms with E-state index >= 15 is 0 Å². The molecule has 0 bridgehead atoms. The lowest BCUT2D eigenvalue weighted by Crippen LogP contribution is -2.39. The zero-order valence-electron chi connectivity index (χ0n) is 14.6. The number of alkyl halides is 2. The third-order valence-corrected chi connectivity index (χ3v) is 3.35. The van der Waals surface area contributed by atoms with Crippen LogP contribution in [0.4, 0.5) is 8.78 Å². The first-order chi connectivity index (χ1) is 12.3. The van der Waals surface area contributed by atoms with Crippen LogP contribution >= 0.6 is 0 Å². The number of hydrogen-bond acceptors (Lipinski definition) is 6. The molecule has 8 nitrogen and oxygen atoms in total. The highest BCUT2D eigenvalue weighted by molar-refractivity contribution is 5.97. The second-order valence-corrected chi connectivity index (χ2v) is 5.07. The number of nitrogens with one attached hydrogen (secondary N) is 1. The maximum atomic E-state index is 12.3. The van der Waals surface area contributed by atoms with Crippen molar-refractivity contribution in [1.82, 2.24) is 10.2 Å². The number of halogens is 2. The van der Waals surface area contributed by atoms with E-state index in [9.17, 15) is 23.2 Å². The van der Waals surface area contributed by atoms with Gasteiger partial charge in [-0.1, -0.05) is 0 Å².